The van der Waals surface area contributed by atoms with Gasteiger partial charge in [0.15, 0.2) is 5.58 Å². The molecular formula is C26H25N3O2. The Balaban J connectivity index is 1.39. The van der Waals surface area contributed by atoms with Gasteiger partial charge in [0.1, 0.15) is 5.52 Å². The van der Waals surface area contributed by atoms with E-state index in [1.807, 2.05) is 42.5 Å². The van der Waals surface area contributed by atoms with Crippen molar-refractivity contribution in [3.8, 4) is 11.5 Å². The molecule has 0 radical (unpaired) electrons. The highest BCUT2D eigenvalue weighted by Gasteiger charge is 2.42. The van der Waals surface area contributed by atoms with Gasteiger partial charge in [-0.3, -0.25) is 9.88 Å². The van der Waals surface area contributed by atoms with Crippen LogP contribution in [-0.4, -0.2) is 39.1 Å². The number of para-hydroxylation sites is 2. The molecule has 156 valence electrons. The minimum Gasteiger partial charge on any atom is -0.436 e. The predicted octanol–water partition coefficient (Wildman–Crippen LogP) is 4.97. The van der Waals surface area contributed by atoms with Crippen molar-refractivity contribution < 1.29 is 9.52 Å². The highest BCUT2D eigenvalue weighted by atomic mass is 16.3. The lowest BCUT2D eigenvalue weighted by molar-refractivity contribution is -0.0444. The molecule has 4 aromatic rings. The highest BCUT2D eigenvalue weighted by Crippen LogP contribution is 2.42. The summed E-state index contributed by atoms with van der Waals surface area (Å²) < 4.78 is 5.97. The third kappa shape index (κ3) is 3.08. The Morgan fingerprint density at radius 1 is 1.16 bits per heavy atom. The zero-order valence-corrected chi connectivity index (χ0v) is 17.3. The zero-order chi connectivity index (χ0) is 20.9. The van der Waals surface area contributed by atoms with E-state index in [2.05, 4.69) is 33.6 Å². The van der Waals surface area contributed by atoms with Gasteiger partial charge >= 0.3 is 0 Å². The molecule has 3 saturated heterocycles. The summed E-state index contributed by atoms with van der Waals surface area (Å²) in [5, 5.41) is 12.4. The summed E-state index contributed by atoms with van der Waals surface area (Å²) in [6, 6.07) is 15.9. The maximum atomic E-state index is 11.5. The van der Waals surface area contributed by atoms with E-state index in [1.165, 1.54) is 6.42 Å². The molecule has 1 N–H and O–H groups in total. The van der Waals surface area contributed by atoms with Crippen molar-refractivity contribution in [2.75, 3.05) is 13.1 Å². The Bertz CT molecular complexity index is 1250. The third-order valence-corrected chi connectivity index (χ3v) is 7.15. The lowest BCUT2D eigenvalue weighted by atomic mass is 9.73. The largest absolute Gasteiger partial charge is 0.436 e. The summed E-state index contributed by atoms with van der Waals surface area (Å²) in [5.41, 5.74) is 4.30. The van der Waals surface area contributed by atoms with Crippen LogP contribution >= 0.6 is 0 Å². The zero-order valence-electron chi connectivity index (χ0n) is 17.3. The molecule has 31 heavy (non-hydrogen) atoms. The van der Waals surface area contributed by atoms with Gasteiger partial charge in [-0.1, -0.05) is 18.2 Å². The number of hydrogen-bond acceptors (Lipinski definition) is 5. The third-order valence-electron chi connectivity index (χ3n) is 7.15. The van der Waals surface area contributed by atoms with Crippen LogP contribution in [0.3, 0.4) is 0 Å². The van der Waals surface area contributed by atoms with Gasteiger partial charge in [-0.05, 0) is 73.2 Å². The van der Waals surface area contributed by atoms with E-state index in [4.69, 9.17) is 4.42 Å². The first-order chi connectivity index (χ1) is 15.2. The summed E-state index contributed by atoms with van der Waals surface area (Å²) in [5.74, 6) is 1.74. The van der Waals surface area contributed by atoms with Crippen LogP contribution in [0.2, 0.25) is 0 Å². The average molecular weight is 412 g/mol. The molecule has 3 aliphatic rings. The first kappa shape index (κ1) is 18.7. The molecule has 0 amide bonds. The predicted molar refractivity (Wildman–Crippen MR) is 121 cm³/mol. The molecule has 7 rings (SSSR count). The molecule has 2 aromatic carbocycles. The first-order valence-electron chi connectivity index (χ1n) is 11.0. The molecule has 5 heteroatoms. The fraction of sp³-hybridized carbons (Fsp3) is 0.308. The molecule has 5 nitrogen and oxygen atoms in total. The van der Waals surface area contributed by atoms with Crippen LogP contribution in [-0.2, 0) is 0 Å². The maximum Gasteiger partial charge on any atom is 0.227 e. The minimum absolute atomic E-state index is 0.133. The molecule has 0 aliphatic carbocycles. The van der Waals surface area contributed by atoms with E-state index in [0.717, 1.165) is 52.6 Å². The minimum atomic E-state index is -0.557. The number of piperidine rings is 3. The molecule has 3 unspecified atom stereocenters. The second-order valence-corrected chi connectivity index (χ2v) is 8.81. The monoisotopic (exact) mass is 411 g/mol. The van der Waals surface area contributed by atoms with E-state index >= 15 is 0 Å². The molecular weight excluding hydrogens is 386 g/mol. The van der Waals surface area contributed by atoms with Crippen molar-refractivity contribution in [3.63, 3.8) is 0 Å². The summed E-state index contributed by atoms with van der Waals surface area (Å²) in [6.07, 6.45) is 5.53. The van der Waals surface area contributed by atoms with E-state index in [1.54, 1.807) is 6.20 Å². The second kappa shape index (κ2) is 7.29. The van der Waals surface area contributed by atoms with Crippen molar-refractivity contribution in [3.05, 3.63) is 72.9 Å². The van der Waals surface area contributed by atoms with E-state index in [-0.39, 0.29) is 6.04 Å². The maximum absolute atomic E-state index is 11.5. The number of benzene rings is 2. The number of fused-ring (bicyclic) bond motifs is 5. The molecule has 5 heterocycles. The van der Waals surface area contributed by atoms with Crippen molar-refractivity contribution in [1.29, 1.82) is 0 Å². The molecule has 3 fully saturated rings. The van der Waals surface area contributed by atoms with Gasteiger partial charge in [0.05, 0.1) is 11.6 Å². The molecule has 0 spiro atoms. The Morgan fingerprint density at radius 3 is 2.87 bits per heavy atom. The van der Waals surface area contributed by atoms with Crippen molar-refractivity contribution in [2.24, 2.45) is 11.8 Å². The first-order valence-corrected chi connectivity index (χ1v) is 11.0. The summed E-state index contributed by atoms with van der Waals surface area (Å²) in [4.78, 5) is 11.6. The van der Waals surface area contributed by atoms with Crippen LogP contribution in [0.5, 0.6) is 0 Å². The Labute approximate surface area is 181 Å². The van der Waals surface area contributed by atoms with Crippen LogP contribution in [0.15, 0.2) is 71.8 Å². The fourth-order valence-electron chi connectivity index (χ4n) is 5.47. The second-order valence-electron chi connectivity index (χ2n) is 8.81. The number of nitrogens with zero attached hydrogens (tertiary/aromatic N) is 3. The van der Waals surface area contributed by atoms with Gasteiger partial charge in [0.25, 0.3) is 0 Å². The summed E-state index contributed by atoms with van der Waals surface area (Å²) >= 11 is 0. The number of aliphatic hydroxyl groups is 1. The number of oxazole rings is 1. The highest BCUT2D eigenvalue weighted by molar-refractivity contribution is 5.87. The van der Waals surface area contributed by atoms with Crippen molar-refractivity contribution >= 4 is 22.0 Å². The van der Waals surface area contributed by atoms with Gasteiger partial charge in [-0.25, -0.2) is 4.98 Å². The molecule has 2 aromatic heterocycles. The number of hydrogen-bond donors (Lipinski definition) is 1. The molecule has 3 aliphatic heterocycles. The van der Waals surface area contributed by atoms with Gasteiger partial charge in [-0.15, -0.1) is 6.58 Å². The van der Waals surface area contributed by atoms with Crippen LogP contribution in [0.25, 0.3) is 33.5 Å². The normalized spacial score (nSPS) is 26.4. The molecule has 2 bridgehead atoms. The van der Waals surface area contributed by atoms with Crippen LogP contribution < -0.4 is 0 Å². The van der Waals surface area contributed by atoms with Gasteiger partial charge in [0.2, 0.25) is 5.89 Å². The van der Waals surface area contributed by atoms with E-state index in [9.17, 15) is 5.11 Å². The summed E-state index contributed by atoms with van der Waals surface area (Å²) in [6.45, 7) is 6.06. The number of aliphatic hydroxyl groups excluding tert-OH is 1. The smallest absolute Gasteiger partial charge is 0.227 e. The van der Waals surface area contributed by atoms with E-state index in [0.29, 0.717) is 17.7 Å². The van der Waals surface area contributed by atoms with Gasteiger partial charge in [0, 0.05) is 29.7 Å². The van der Waals surface area contributed by atoms with Crippen LogP contribution in [0, 0.1) is 11.8 Å². The SMILES string of the molecule is C=CC1CN2CCC1C[C@H]2[C@H](O)c1ccnc2ccc(-c3nc4ccccc4o3)cc12. The number of aromatic nitrogens is 2. The molecule has 5 atom stereocenters. The Hall–Kier alpha value is -3.02. The summed E-state index contributed by atoms with van der Waals surface area (Å²) in [7, 11) is 0. The number of pyridine rings is 1. The lowest BCUT2D eigenvalue weighted by Crippen LogP contribution is -2.54. The standard InChI is InChI=1S/C26H25N3O2/c1-2-16-15-29-12-10-17(16)14-23(29)25(30)19-9-11-27-21-8-7-18(13-20(19)21)26-28-22-5-3-4-6-24(22)31-26/h2-9,11,13,16-17,23,25,30H,1,10,12,14-15H2/t16?,17?,23-,25+/m0/s1. The van der Waals surface area contributed by atoms with Crippen LogP contribution in [0.1, 0.15) is 24.5 Å². The average Bonchev–Trinajstić information content (AvgIpc) is 3.27. The van der Waals surface area contributed by atoms with Gasteiger partial charge < -0.3 is 9.52 Å². The number of rotatable bonds is 4. The fourth-order valence-corrected chi connectivity index (χ4v) is 5.47. The van der Waals surface area contributed by atoms with Crippen molar-refractivity contribution in [1.82, 2.24) is 14.9 Å². The topological polar surface area (TPSA) is 62.4 Å². The van der Waals surface area contributed by atoms with Crippen molar-refractivity contribution in [2.45, 2.75) is 25.0 Å². The Kier molecular flexibility index (Phi) is 4.40. The quantitative estimate of drug-likeness (QED) is 0.480. The van der Waals surface area contributed by atoms with E-state index < -0.39 is 6.10 Å². The lowest BCUT2D eigenvalue weighted by Gasteiger charge is -2.50. The molecule has 0 saturated carbocycles. The van der Waals surface area contributed by atoms with Crippen LogP contribution in [0.4, 0.5) is 0 Å². The Morgan fingerprint density at radius 2 is 2.06 bits per heavy atom. The van der Waals surface area contributed by atoms with Gasteiger partial charge in [-0.2, -0.15) is 0 Å².